The van der Waals surface area contributed by atoms with Crippen molar-refractivity contribution in [2.75, 3.05) is 20.3 Å². The molecule has 1 aromatic carbocycles. The van der Waals surface area contributed by atoms with Gasteiger partial charge < -0.3 is 14.8 Å². The number of amides is 2. The lowest BCUT2D eigenvalue weighted by Gasteiger charge is -2.11. The van der Waals surface area contributed by atoms with Crippen molar-refractivity contribution in [2.24, 2.45) is 5.10 Å². The van der Waals surface area contributed by atoms with Crippen molar-refractivity contribution >= 4 is 18.0 Å². The van der Waals surface area contributed by atoms with Crippen LogP contribution in [0.5, 0.6) is 11.5 Å². The fraction of sp³-hybridized carbons (Fsp3) is 0.222. The molecule has 1 heterocycles. The smallest absolute Gasteiger partial charge is 0.272 e. The summed E-state index contributed by atoms with van der Waals surface area (Å²) in [6, 6.07) is 8.40. The van der Waals surface area contributed by atoms with Crippen LogP contribution < -0.4 is 20.2 Å². The molecule has 2 aromatic rings. The van der Waals surface area contributed by atoms with Crippen molar-refractivity contribution in [3.63, 3.8) is 0 Å². The lowest BCUT2D eigenvalue weighted by Crippen LogP contribution is -2.28. The molecule has 0 aliphatic carbocycles. The van der Waals surface area contributed by atoms with Gasteiger partial charge in [-0.2, -0.15) is 5.10 Å². The Morgan fingerprint density at radius 1 is 1.27 bits per heavy atom. The van der Waals surface area contributed by atoms with Gasteiger partial charge in [-0.05, 0) is 42.8 Å². The second-order valence-electron chi connectivity index (χ2n) is 5.09. The number of benzene rings is 1. The van der Waals surface area contributed by atoms with E-state index in [0.717, 1.165) is 0 Å². The van der Waals surface area contributed by atoms with Gasteiger partial charge in [-0.3, -0.25) is 14.6 Å². The van der Waals surface area contributed by atoms with Crippen molar-refractivity contribution in [1.82, 2.24) is 15.7 Å². The standard InChI is InChI=1S/C18H20N4O4/c1-3-20-17(23)12-26-15-7-6-13(9-16(15)25-2)10-21-22-18(24)14-5-4-8-19-11-14/h4-11H,3,12H2,1-2H3,(H,20,23)(H,22,24)/b21-10+. The Balaban J connectivity index is 1.97. The van der Waals surface area contributed by atoms with Crippen molar-refractivity contribution in [2.45, 2.75) is 6.92 Å². The molecule has 1 aromatic heterocycles. The molecule has 0 unspecified atom stereocenters. The third-order valence-corrected chi connectivity index (χ3v) is 3.22. The highest BCUT2D eigenvalue weighted by Crippen LogP contribution is 2.27. The molecular weight excluding hydrogens is 336 g/mol. The first-order valence-corrected chi connectivity index (χ1v) is 7.95. The lowest BCUT2D eigenvalue weighted by molar-refractivity contribution is -0.123. The molecule has 0 saturated carbocycles. The van der Waals surface area contributed by atoms with Gasteiger partial charge in [0.2, 0.25) is 0 Å². The predicted molar refractivity (Wildman–Crippen MR) is 96.5 cm³/mol. The maximum Gasteiger partial charge on any atom is 0.272 e. The lowest BCUT2D eigenvalue weighted by atomic mass is 10.2. The Hall–Kier alpha value is -3.42. The van der Waals surface area contributed by atoms with Gasteiger partial charge in [0.15, 0.2) is 18.1 Å². The molecule has 0 radical (unpaired) electrons. The van der Waals surface area contributed by atoms with Crippen LogP contribution in [0.15, 0.2) is 47.8 Å². The van der Waals surface area contributed by atoms with E-state index >= 15 is 0 Å². The third kappa shape index (κ3) is 5.59. The highest BCUT2D eigenvalue weighted by molar-refractivity contribution is 5.94. The Kier molecular flexibility index (Phi) is 7.11. The molecule has 0 atom stereocenters. The number of carbonyl (C=O) groups is 2. The minimum Gasteiger partial charge on any atom is -0.493 e. The monoisotopic (exact) mass is 356 g/mol. The molecule has 2 N–H and O–H groups in total. The third-order valence-electron chi connectivity index (χ3n) is 3.22. The minimum absolute atomic E-state index is 0.0984. The van der Waals surface area contributed by atoms with Crippen molar-refractivity contribution in [1.29, 1.82) is 0 Å². The molecule has 136 valence electrons. The summed E-state index contributed by atoms with van der Waals surface area (Å²) in [7, 11) is 1.50. The Bertz CT molecular complexity index is 778. The van der Waals surface area contributed by atoms with Crippen LogP contribution in [0.4, 0.5) is 0 Å². The quantitative estimate of drug-likeness (QED) is 0.549. The summed E-state index contributed by atoms with van der Waals surface area (Å²) in [5.41, 5.74) is 3.53. The first kappa shape index (κ1) is 18.9. The number of hydrazone groups is 1. The van der Waals surface area contributed by atoms with Crippen LogP contribution in [-0.2, 0) is 4.79 Å². The maximum atomic E-state index is 11.9. The molecule has 26 heavy (non-hydrogen) atoms. The Morgan fingerprint density at radius 2 is 2.12 bits per heavy atom. The average Bonchev–Trinajstić information content (AvgIpc) is 2.67. The number of likely N-dealkylation sites (N-methyl/N-ethyl adjacent to an activating group) is 1. The van der Waals surface area contributed by atoms with Crippen LogP contribution in [0, 0.1) is 0 Å². The van der Waals surface area contributed by atoms with Crippen LogP contribution in [0.25, 0.3) is 0 Å². The Labute approximate surface area is 151 Å². The van der Waals surface area contributed by atoms with E-state index in [-0.39, 0.29) is 18.4 Å². The highest BCUT2D eigenvalue weighted by atomic mass is 16.5. The summed E-state index contributed by atoms with van der Waals surface area (Å²) in [4.78, 5) is 27.2. The molecule has 0 saturated heterocycles. The molecule has 0 aliphatic heterocycles. The van der Waals surface area contributed by atoms with E-state index in [4.69, 9.17) is 9.47 Å². The summed E-state index contributed by atoms with van der Waals surface area (Å²) in [6.07, 6.45) is 4.51. The molecule has 0 fully saturated rings. The van der Waals surface area contributed by atoms with E-state index in [1.807, 2.05) is 6.92 Å². The number of nitrogens with one attached hydrogen (secondary N) is 2. The molecule has 8 nitrogen and oxygen atoms in total. The zero-order valence-electron chi connectivity index (χ0n) is 14.6. The molecule has 0 spiro atoms. The summed E-state index contributed by atoms with van der Waals surface area (Å²) < 4.78 is 10.7. The molecular formula is C18H20N4O4. The number of carbonyl (C=O) groups excluding carboxylic acids is 2. The van der Waals surface area contributed by atoms with Crippen LogP contribution >= 0.6 is 0 Å². The summed E-state index contributed by atoms with van der Waals surface area (Å²) >= 11 is 0. The predicted octanol–water partition coefficient (Wildman–Crippen LogP) is 1.37. The molecule has 2 rings (SSSR count). The van der Waals surface area contributed by atoms with Gasteiger partial charge in [0.1, 0.15) is 0 Å². The zero-order chi connectivity index (χ0) is 18.8. The normalized spacial score (nSPS) is 10.4. The SMILES string of the molecule is CCNC(=O)COc1ccc(/C=N/NC(=O)c2cccnc2)cc1OC. The first-order chi connectivity index (χ1) is 12.6. The van der Waals surface area contributed by atoms with Gasteiger partial charge in [-0.25, -0.2) is 5.43 Å². The van der Waals surface area contributed by atoms with E-state index in [2.05, 4.69) is 20.8 Å². The van der Waals surface area contributed by atoms with Gasteiger partial charge in [-0.15, -0.1) is 0 Å². The summed E-state index contributed by atoms with van der Waals surface area (Å²) in [5.74, 6) is 0.327. The van der Waals surface area contributed by atoms with E-state index in [1.54, 1.807) is 36.5 Å². The van der Waals surface area contributed by atoms with Gasteiger partial charge in [0.05, 0.1) is 18.9 Å². The molecule has 0 aliphatic rings. The number of hydrogen-bond donors (Lipinski definition) is 2. The van der Waals surface area contributed by atoms with E-state index in [9.17, 15) is 9.59 Å². The summed E-state index contributed by atoms with van der Waals surface area (Å²) in [5, 5.41) is 6.55. The second-order valence-corrected chi connectivity index (χ2v) is 5.09. The topological polar surface area (TPSA) is 102 Å². The minimum atomic E-state index is -0.358. The van der Waals surface area contributed by atoms with E-state index in [1.165, 1.54) is 19.5 Å². The number of pyridine rings is 1. The molecule has 2 amide bonds. The van der Waals surface area contributed by atoms with E-state index < -0.39 is 0 Å². The number of hydrogen-bond acceptors (Lipinski definition) is 6. The van der Waals surface area contributed by atoms with Gasteiger partial charge in [0, 0.05) is 18.9 Å². The van der Waals surface area contributed by atoms with Crippen molar-refractivity contribution < 1.29 is 19.1 Å². The van der Waals surface area contributed by atoms with Crippen LogP contribution in [0.1, 0.15) is 22.8 Å². The van der Waals surface area contributed by atoms with Crippen LogP contribution in [0.3, 0.4) is 0 Å². The molecule has 0 bridgehead atoms. The highest BCUT2D eigenvalue weighted by Gasteiger charge is 2.08. The fourth-order valence-electron chi connectivity index (χ4n) is 2.00. The number of aromatic nitrogens is 1. The number of nitrogens with zero attached hydrogens (tertiary/aromatic N) is 2. The average molecular weight is 356 g/mol. The first-order valence-electron chi connectivity index (χ1n) is 7.95. The van der Waals surface area contributed by atoms with Crippen LogP contribution in [0.2, 0.25) is 0 Å². The van der Waals surface area contributed by atoms with Gasteiger partial charge in [-0.1, -0.05) is 0 Å². The number of methoxy groups -OCH3 is 1. The van der Waals surface area contributed by atoms with Gasteiger partial charge in [0.25, 0.3) is 11.8 Å². The Morgan fingerprint density at radius 3 is 2.81 bits per heavy atom. The maximum absolute atomic E-state index is 11.9. The van der Waals surface area contributed by atoms with Crippen LogP contribution in [-0.4, -0.2) is 43.3 Å². The zero-order valence-corrected chi connectivity index (χ0v) is 14.6. The van der Waals surface area contributed by atoms with Gasteiger partial charge >= 0.3 is 0 Å². The molecule has 8 heteroatoms. The second kappa shape index (κ2) is 9.77. The summed E-state index contributed by atoms with van der Waals surface area (Å²) in [6.45, 7) is 2.28. The number of ether oxygens (including phenoxy) is 2. The van der Waals surface area contributed by atoms with Crippen molar-refractivity contribution in [3.05, 3.63) is 53.9 Å². The van der Waals surface area contributed by atoms with E-state index in [0.29, 0.717) is 29.2 Å². The van der Waals surface area contributed by atoms with Crippen molar-refractivity contribution in [3.8, 4) is 11.5 Å². The fourth-order valence-corrected chi connectivity index (χ4v) is 2.00. The largest absolute Gasteiger partial charge is 0.493 e. The number of rotatable bonds is 8.